The predicted octanol–water partition coefficient (Wildman–Crippen LogP) is 3.08. The van der Waals surface area contributed by atoms with E-state index in [-0.39, 0.29) is 10.8 Å². The zero-order valence-electron chi connectivity index (χ0n) is 18.8. The highest BCUT2D eigenvalue weighted by Crippen LogP contribution is 2.31. The molecule has 2 fully saturated rings. The number of benzene rings is 2. The zero-order chi connectivity index (χ0) is 22.7. The standard InChI is InChI=1S/C24H32N4O3S/c1-18-3-6-21(7-4-18)32(30,31)26-22-17-20(24(29)28-13-9-19(2)10-14-28)5-8-23(22)27-15-11-25-12-16-27/h3-8,17,19,25-26H,9-16H2,1-2H3. The number of hydrogen-bond donors (Lipinski definition) is 2. The molecule has 4 rings (SSSR count). The quantitative estimate of drug-likeness (QED) is 0.723. The second-order valence-corrected chi connectivity index (χ2v) is 10.5. The highest BCUT2D eigenvalue weighted by molar-refractivity contribution is 7.92. The third-order valence-electron chi connectivity index (χ3n) is 6.35. The fourth-order valence-electron chi connectivity index (χ4n) is 4.25. The van der Waals surface area contributed by atoms with E-state index < -0.39 is 10.0 Å². The van der Waals surface area contributed by atoms with Gasteiger partial charge in [-0.3, -0.25) is 9.52 Å². The summed E-state index contributed by atoms with van der Waals surface area (Å²) in [5, 5.41) is 3.32. The summed E-state index contributed by atoms with van der Waals surface area (Å²) < 4.78 is 29.0. The maximum Gasteiger partial charge on any atom is 0.261 e. The van der Waals surface area contributed by atoms with Gasteiger partial charge in [-0.05, 0) is 56.0 Å². The molecule has 7 nitrogen and oxygen atoms in total. The van der Waals surface area contributed by atoms with Crippen molar-refractivity contribution in [2.24, 2.45) is 5.92 Å². The van der Waals surface area contributed by atoms with Crippen LogP contribution in [0.3, 0.4) is 0 Å². The van der Waals surface area contributed by atoms with Crippen molar-refractivity contribution in [2.75, 3.05) is 48.9 Å². The molecule has 0 aromatic heterocycles. The van der Waals surface area contributed by atoms with Gasteiger partial charge in [0.05, 0.1) is 16.3 Å². The molecule has 2 saturated heterocycles. The molecule has 0 atom stereocenters. The lowest BCUT2D eigenvalue weighted by molar-refractivity contribution is 0.0697. The lowest BCUT2D eigenvalue weighted by Gasteiger charge is -2.32. The van der Waals surface area contributed by atoms with E-state index >= 15 is 0 Å². The topological polar surface area (TPSA) is 81.8 Å². The monoisotopic (exact) mass is 456 g/mol. The Hall–Kier alpha value is -2.58. The first-order valence-electron chi connectivity index (χ1n) is 11.3. The number of rotatable bonds is 5. The van der Waals surface area contributed by atoms with Gasteiger partial charge in [0.25, 0.3) is 15.9 Å². The number of amides is 1. The van der Waals surface area contributed by atoms with Crippen LogP contribution < -0.4 is 14.9 Å². The summed E-state index contributed by atoms with van der Waals surface area (Å²) in [4.78, 5) is 17.4. The van der Waals surface area contributed by atoms with E-state index in [2.05, 4.69) is 21.9 Å². The Labute approximate surface area is 190 Å². The molecule has 2 aliphatic heterocycles. The van der Waals surface area contributed by atoms with Gasteiger partial charge in [0.15, 0.2) is 0 Å². The molecule has 2 aromatic carbocycles. The Morgan fingerprint density at radius 1 is 1.00 bits per heavy atom. The summed E-state index contributed by atoms with van der Waals surface area (Å²) in [5.41, 5.74) is 2.75. The molecule has 0 unspecified atom stereocenters. The van der Waals surface area contributed by atoms with Crippen molar-refractivity contribution in [3.8, 4) is 0 Å². The molecule has 32 heavy (non-hydrogen) atoms. The van der Waals surface area contributed by atoms with Crippen LogP contribution in [-0.4, -0.2) is 58.5 Å². The number of carbonyl (C=O) groups excluding carboxylic acids is 1. The molecule has 2 N–H and O–H groups in total. The summed E-state index contributed by atoms with van der Waals surface area (Å²) in [5.74, 6) is 0.588. The summed E-state index contributed by atoms with van der Waals surface area (Å²) >= 11 is 0. The molecule has 0 aliphatic carbocycles. The van der Waals surface area contributed by atoms with Crippen molar-refractivity contribution in [1.29, 1.82) is 0 Å². The van der Waals surface area contributed by atoms with Crippen LogP contribution in [0.5, 0.6) is 0 Å². The number of sulfonamides is 1. The molecule has 0 bridgehead atoms. The maximum atomic E-state index is 13.1. The van der Waals surface area contributed by atoms with Gasteiger partial charge in [-0.1, -0.05) is 24.6 Å². The zero-order valence-corrected chi connectivity index (χ0v) is 19.6. The van der Waals surface area contributed by atoms with E-state index in [9.17, 15) is 13.2 Å². The van der Waals surface area contributed by atoms with E-state index in [0.717, 1.165) is 63.4 Å². The van der Waals surface area contributed by atoms with Crippen molar-refractivity contribution in [3.05, 3.63) is 53.6 Å². The third-order valence-corrected chi connectivity index (χ3v) is 7.73. The highest BCUT2D eigenvalue weighted by Gasteiger charge is 2.25. The second kappa shape index (κ2) is 9.50. The number of aryl methyl sites for hydroxylation is 1. The second-order valence-electron chi connectivity index (χ2n) is 8.86. The minimum Gasteiger partial charge on any atom is -0.367 e. The normalized spacial score (nSPS) is 17.9. The minimum absolute atomic E-state index is 0.0421. The van der Waals surface area contributed by atoms with Crippen molar-refractivity contribution < 1.29 is 13.2 Å². The smallest absolute Gasteiger partial charge is 0.261 e. The number of carbonyl (C=O) groups is 1. The van der Waals surface area contributed by atoms with Gasteiger partial charge < -0.3 is 15.1 Å². The van der Waals surface area contributed by atoms with Crippen molar-refractivity contribution in [1.82, 2.24) is 10.2 Å². The van der Waals surface area contributed by atoms with Crippen LogP contribution in [0.4, 0.5) is 11.4 Å². The molecule has 8 heteroatoms. The van der Waals surface area contributed by atoms with Crippen LogP contribution in [0, 0.1) is 12.8 Å². The fourth-order valence-corrected chi connectivity index (χ4v) is 5.31. The predicted molar refractivity (Wildman–Crippen MR) is 128 cm³/mol. The van der Waals surface area contributed by atoms with Gasteiger partial charge in [0, 0.05) is 44.8 Å². The van der Waals surface area contributed by atoms with Gasteiger partial charge in [-0.15, -0.1) is 0 Å². The molecule has 0 saturated carbocycles. The Morgan fingerprint density at radius 3 is 2.31 bits per heavy atom. The molecule has 1 amide bonds. The summed E-state index contributed by atoms with van der Waals surface area (Å²) in [6, 6.07) is 12.2. The van der Waals surface area contributed by atoms with Crippen molar-refractivity contribution in [3.63, 3.8) is 0 Å². The highest BCUT2D eigenvalue weighted by atomic mass is 32.2. The molecular weight excluding hydrogens is 424 g/mol. The third kappa shape index (κ3) is 5.07. The Balaban J connectivity index is 1.66. The first kappa shape index (κ1) is 22.6. The maximum absolute atomic E-state index is 13.1. The van der Waals surface area contributed by atoms with Crippen molar-refractivity contribution in [2.45, 2.75) is 31.6 Å². The summed E-state index contributed by atoms with van der Waals surface area (Å²) in [6.07, 6.45) is 2.00. The van der Waals surface area contributed by atoms with Gasteiger partial charge in [-0.2, -0.15) is 0 Å². The Kier molecular flexibility index (Phi) is 6.71. The van der Waals surface area contributed by atoms with Crippen LogP contribution in [-0.2, 0) is 10.0 Å². The molecule has 172 valence electrons. The largest absolute Gasteiger partial charge is 0.367 e. The molecule has 0 radical (unpaired) electrons. The molecule has 2 heterocycles. The lowest BCUT2D eigenvalue weighted by atomic mass is 9.98. The van der Waals surface area contributed by atoms with Gasteiger partial charge in [0.2, 0.25) is 0 Å². The van der Waals surface area contributed by atoms with Crippen LogP contribution in [0.1, 0.15) is 35.7 Å². The van der Waals surface area contributed by atoms with Crippen molar-refractivity contribution >= 4 is 27.3 Å². The van der Waals surface area contributed by atoms with Crippen LogP contribution >= 0.6 is 0 Å². The van der Waals surface area contributed by atoms with Gasteiger partial charge in [0.1, 0.15) is 0 Å². The lowest BCUT2D eigenvalue weighted by Crippen LogP contribution is -2.44. The van der Waals surface area contributed by atoms with E-state index in [1.807, 2.05) is 24.0 Å². The molecule has 0 spiro atoms. The van der Waals surface area contributed by atoms with Crippen LogP contribution in [0.2, 0.25) is 0 Å². The van der Waals surface area contributed by atoms with Gasteiger partial charge in [-0.25, -0.2) is 8.42 Å². The average molecular weight is 457 g/mol. The van der Waals surface area contributed by atoms with E-state index in [1.165, 1.54) is 0 Å². The molecule has 2 aromatic rings. The minimum atomic E-state index is -3.78. The first-order valence-corrected chi connectivity index (χ1v) is 12.8. The Bertz CT molecular complexity index is 1060. The molecule has 2 aliphatic rings. The van der Waals surface area contributed by atoms with Crippen LogP contribution in [0.25, 0.3) is 0 Å². The number of likely N-dealkylation sites (tertiary alicyclic amines) is 1. The van der Waals surface area contributed by atoms with E-state index in [4.69, 9.17) is 0 Å². The average Bonchev–Trinajstić information content (AvgIpc) is 2.80. The Morgan fingerprint density at radius 2 is 1.66 bits per heavy atom. The van der Waals surface area contributed by atoms with Gasteiger partial charge >= 0.3 is 0 Å². The number of anilines is 2. The van der Waals surface area contributed by atoms with Crippen LogP contribution in [0.15, 0.2) is 47.4 Å². The molecular formula is C24H32N4O3S. The number of nitrogens with one attached hydrogen (secondary N) is 2. The SMILES string of the molecule is Cc1ccc(S(=O)(=O)Nc2cc(C(=O)N3CCC(C)CC3)ccc2N2CCNCC2)cc1. The first-order chi connectivity index (χ1) is 15.3. The van der Waals surface area contributed by atoms with E-state index in [0.29, 0.717) is 17.2 Å². The summed E-state index contributed by atoms with van der Waals surface area (Å²) in [7, 11) is -3.78. The number of nitrogens with zero attached hydrogens (tertiary/aromatic N) is 2. The summed E-state index contributed by atoms with van der Waals surface area (Å²) in [6.45, 7) is 8.82. The number of piperazine rings is 1. The number of piperidine rings is 1. The fraction of sp³-hybridized carbons (Fsp3) is 0.458. The number of hydrogen-bond acceptors (Lipinski definition) is 5. The van der Waals surface area contributed by atoms with E-state index in [1.54, 1.807) is 30.3 Å².